The Morgan fingerprint density at radius 2 is 1.73 bits per heavy atom. The largest absolute Gasteiger partial charge is 0.417 e. The Balaban J connectivity index is 1.95. The summed E-state index contributed by atoms with van der Waals surface area (Å²) in [6.45, 7) is 0. The molecular formula is C18H12ClF3N4. The van der Waals surface area contributed by atoms with Crippen LogP contribution in [-0.4, -0.2) is 15.7 Å². The molecule has 1 aromatic carbocycles. The van der Waals surface area contributed by atoms with Crippen LogP contribution in [0.5, 0.6) is 0 Å². The summed E-state index contributed by atoms with van der Waals surface area (Å²) in [6.07, 6.45) is -2.19. The van der Waals surface area contributed by atoms with Gasteiger partial charge in [0.1, 0.15) is 5.71 Å². The number of alkyl halides is 3. The maximum Gasteiger partial charge on any atom is 0.417 e. The molecule has 0 unspecified atom stereocenters. The molecule has 0 radical (unpaired) electrons. The molecule has 4 nitrogen and oxygen atoms in total. The summed E-state index contributed by atoms with van der Waals surface area (Å²) in [7, 11) is 0. The highest BCUT2D eigenvalue weighted by atomic mass is 35.5. The Bertz CT molecular complexity index is 871. The van der Waals surface area contributed by atoms with E-state index in [1.165, 1.54) is 0 Å². The predicted molar refractivity (Wildman–Crippen MR) is 94.2 cm³/mol. The molecule has 0 aliphatic carbocycles. The fourth-order valence-corrected chi connectivity index (χ4v) is 2.36. The zero-order chi connectivity index (χ0) is 18.6. The third-order valence-corrected chi connectivity index (χ3v) is 3.68. The van der Waals surface area contributed by atoms with Gasteiger partial charge in [0.2, 0.25) is 0 Å². The molecule has 0 saturated heterocycles. The van der Waals surface area contributed by atoms with Crippen molar-refractivity contribution in [2.24, 2.45) is 5.10 Å². The van der Waals surface area contributed by atoms with Gasteiger partial charge in [0, 0.05) is 18.0 Å². The molecule has 0 spiro atoms. The molecule has 0 bridgehead atoms. The Kier molecular flexibility index (Phi) is 5.18. The molecular weight excluding hydrogens is 365 g/mol. The SMILES string of the molecule is FC(F)(F)c1cnc(N/N=C(/c2ccccc2)c2ccccn2)c(Cl)c1. The number of nitrogens with one attached hydrogen (secondary N) is 1. The van der Waals surface area contributed by atoms with Gasteiger partial charge in [-0.15, -0.1) is 0 Å². The molecule has 0 aliphatic heterocycles. The molecule has 8 heteroatoms. The topological polar surface area (TPSA) is 50.2 Å². The zero-order valence-electron chi connectivity index (χ0n) is 13.2. The van der Waals surface area contributed by atoms with Gasteiger partial charge in [0.05, 0.1) is 16.3 Å². The second-order valence-corrected chi connectivity index (χ2v) is 5.61. The summed E-state index contributed by atoms with van der Waals surface area (Å²) in [6, 6.07) is 15.4. The molecule has 3 aromatic rings. The van der Waals surface area contributed by atoms with Crippen molar-refractivity contribution < 1.29 is 13.2 Å². The van der Waals surface area contributed by atoms with E-state index in [2.05, 4.69) is 20.5 Å². The van der Waals surface area contributed by atoms with E-state index in [9.17, 15) is 13.2 Å². The quantitative estimate of drug-likeness (QED) is 0.514. The average Bonchev–Trinajstić information content (AvgIpc) is 2.64. The molecule has 1 N–H and O–H groups in total. The Hall–Kier alpha value is -2.93. The number of hydrazone groups is 1. The highest BCUT2D eigenvalue weighted by Gasteiger charge is 2.31. The van der Waals surface area contributed by atoms with E-state index in [-0.39, 0.29) is 10.8 Å². The lowest BCUT2D eigenvalue weighted by molar-refractivity contribution is -0.137. The number of pyridine rings is 2. The predicted octanol–water partition coefficient (Wildman–Crippen LogP) is 5.01. The van der Waals surface area contributed by atoms with Crippen molar-refractivity contribution in [3.05, 3.63) is 88.8 Å². The summed E-state index contributed by atoms with van der Waals surface area (Å²) < 4.78 is 38.1. The summed E-state index contributed by atoms with van der Waals surface area (Å²) in [5.74, 6) is 0.0176. The minimum Gasteiger partial charge on any atom is -0.259 e. The smallest absolute Gasteiger partial charge is 0.259 e. The first-order chi connectivity index (χ1) is 12.4. The second kappa shape index (κ2) is 7.53. The molecule has 2 aromatic heterocycles. The summed E-state index contributed by atoms with van der Waals surface area (Å²) in [5.41, 5.74) is 3.58. The van der Waals surface area contributed by atoms with E-state index in [0.717, 1.165) is 11.6 Å². The van der Waals surface area contributed by atoms with Crippen molar-refractivity contribution in [2.75, 3.05) is 5.43 Å². The third kappa shape index (κ3) is 4.18. The monoisotopic (exact) mass is 376 g/mol. The van der Waals surface area contributed by atoms with E-state index in [4.69, 9.17) is 11.6 Å². The number of hydrogen-bond donors (Lipinski definition) is 1. The van der Waals surface area contributed by atoms with Crippen LogP contribution in [0.4, 0.5) is 19.0 Å². The highest BCUT2D eigenvalue weighted by molar-refractivity contribution is 6.33. The molecule has 2 heterocycles. The Morgan fingerprint density at radius 3 is 2.35 bits per heavy atom. The fourth-order valence-electron chi connectivity index (χ4n) is 2.15. The number of anilines is 1. The normalized spacial score (nSPS) is 12.1. The lowest BCUT2D eigenvalue weighted by Gasteiger charge is -2.10. The Morgan fingerprint density at radius 1 is 1.00 bits per heavy atom. The summed E-state index contributed by atoms with van der Waals surface area (Å²) >= 11 is 5.90. The van der Waals surface area contributed by atoms with Gasteiger partial charge < -0.3 is 0 Å². The van der Waals surface area contributed by atoms with Gasteiger partial charge in [-0.3, -0.25) is 10.4 Å². The summed E-state index contributed by atoms with van der Waals surface area (Å²) in [5, 5.41) is 4.08. The second-order valence-electron chi connectivity index (χ2n) is 5.21. The lowest BCUT2D eigenvalue weighted by atomic mass is 10.1. The standard InChI is InChI=1S/C18H12ClF3N4/c19-14-10-13(18(20,21)22)11-24-17(14)26-25-16(12-6-2-1-3-7-12)15-8-4-5-9-23-15/h1-11H,(H,24,26)/b25-16-. The van der Waals surface area contributed by atoms with E-state index < -0.39 is 11.7 Å². The molecule has 0 atom stereocenters. The van der Waals surface area contributed by atoms with Crippen molar-refractivity contribution >= 4 is 23.1 Å². The van der Waals surface area contributed by atoms with Gasteiger partial charge in [-0.05, 0) is 18.2 Å². The van der Waals surface area contributed by atoms with E-state index >= 15 is 0 Å². The molecule has 0 aliphatic rings. The molecule has 0 saturated carbocycles. The van der Waals surface area contributed by atoms with Gasteiger partial charge in [-0.2, -0.15) is 18.3 Å². The van der Waals surface area contributed by atoms with Crippen LogP contribution in [0, 0.1) is 0 Å². The maximum atomic E-state index is 12.7. The molecule has 26 heavy (non-hydrogen) atoms. The van der Waals surface area contributed by atoms with Crippen molar-refractivity contribution in [3.63, 3.8) is 0 Å². The number of benzene rings is 1. The van der Waals surface area contributed by atoms with Crippen LogP contribution in [0.3, 0.4) is 0 Å². The average molecular weight is 377 g/mol. The zero-order valence-corrected chi connectivity index (χ0v) is 14.0. The molecule has 3 rings (SSSR count). The van der Waals surface area contributed by atoms with Crippen molar-refractivity contribution in [3.8, 4) is 0 Å². The minimum atomic E-state index is -4.51. The van der Waals surface area contributed by atoms with Crippen molar-refractivity contribution in [1.82, 2.24) is 9.97 Å². The fraction of sp³-hybridized carbons (Fsp3) is 0.0556. The van der Waals surface area contributed by atoms with E-state index in [1.807, 2.05) is 36.4 Å². The van der Waals surface area contributed by atoms with Gasteiger partial charge in [0.15, 0.2) is 5.82 Å². The first kappa shape index (κ1) is 17.9. The molecule has 0 amide bonds. The van der Waals surface area contributed by atoms with Gasteiger partial charge in [-0.1, -0.05) is 48.0 Å². The van der Waals surface area contributed by atoms with Crippen LogP contribution in [0.2, 0.25) is 5.02 Å². The first-order valence-corrected chi connectivity index (χ1v) is 7.86. The van der Waals surface area contributed by atoms with E-state index in [1.54, 1.807) is 18.3 Å². The van der Waals surface area contributed by atoms with Crippen LogP contribution in [0.15, 0.2) is 72.1 Å². The van der Waals surface area contributed by atoms with E-state index in [0.29, 0.717) is 17.6 Å². The van der Waals surface area contributed by atoms with Crippen LogP contribution in [0.1, 0.15) is 16.8 Å². The lowest BCUT2D eigenvalue weighted by Crippen LogP contribution is -2.10. The molecule has 0 fully saturated rings. The van der Waals surface area contributed by atoms with Crippen molar-refractivity contribution in [2.45, 2.75) is 6.18 Å². The maximum absolute atomic E-state index is 12.7. The third-order valence-electron chi connectivity index (χ3n) is 3.40. The van der Waals surface area contributed by atoms with Crippen LogP contribution < -0.4 is 5.43 Å². The minimum absolute atomic E-state index is 0.0176. The van der Waals surface area contributed by atoms with Gasteiger partial charge in [-0.25, -0.2) is 4.98 Å². The highest BCUT2D eigenvalue weighted by Crippen LogP contribution is 2.32. The van der Waals surface area contributed by atoms with Crippen LogP contribution >= 0.6 is 11.6 Å². The van der Waals surface area contributed by atoms with Gasteiger partial charge in [0.25, 0.3) is 0 Å². The number of nitrogens with zero attached hydrogens (tertiary/aromatic N) is 3. The number of halogens is 4. The van der Waals surface area contributed by atoms with Crippen LogP contribution in [0.25, 0.3) is 0 Å². The Labute approximate surface area is 152 Å². The van der Waals surface area contributed by atoms with Gasteiger partial charge >= 0.3 is 6.18 Å². The number of hydrogen-bond acceptors (Lipinski definition) is 4. The van der Waals surface area contributed by atoms with Crippen LogP contribution in [-0.2, 0) is 6.18 Å². The first-order valence-electron chi connectivity index (χ1n) is 7.48. The number of aromatic nitrogens is 2. The number of rotatable bonds is 4. The summed E-state index contributed by atoms with van der Waals surface area (Å²) in [4.78, 5) is 7.98. The van der Waals surface area contributed by atoms with Crippen molar-refractivity contribution in [1.29, 1.82) is 0 Å². The molecule has 132 valence electrons.